The van der Waals surface area contributed by atoms with Gasteiger partial charge in [-0.3, -0.25) is 4.68 Å². The Labute approximate surface area is 97.7 Å². The molecular formula is C12H23N3O. The van der Waals surface area contributed by atoms with Crippen LogP contribution in [-0.2, 0) is 13.6 Å². The van der Waals surface area contributed by atoms with Gasteiger partial charge < -0.3 is 10.4 Å². The minimum Gasteiger partial charge on any atom is -0.393 e. The molecule has 0 spiro atoms. The van der Waals surface area contributed by atoms with Crippen LogP contribution in [0, 0.1) is 13.8 Å². The molecule has 0 saturated heterocycles. The molecule has 92 valence electrons. The molecule has 4 nitrogen and oxygen atoms in total. The van der Waals surface area contributed by atoms with Crippen LogP contribution in [0.25, 0.3) is 0 Å². The molecule has 0 aliphatic heterocycles. The zero-order valence-corrected chi connectivity index (χ0v) is 10.9. The Morgan fingerprint density at radius 3 is 2.44 bits per heavy atom. The van der Waals surface area contributed by atoms with Crippen molar-refractivity contribution in [1.82, 2.24) is 15.1 Å². The van der Waals surface area contributed by atoms with Gasteiger partial charge in [0.05, 0.1) is 11.8 Å². The predicted octanol–water partition coefficient (Wildman–Crippen LogP) is 1.29. The summed E-state index contributed by atoms with van der Waals surface area (Å²) in [5, 5.41) is 17.1. The van der Waals surface area contributed by atoms with Gasteiger partial charge in [-0.05, 0) is 34.1 Å². The molecule has 2 atom stereocenters. The quantitative estimate of drug-likeness (QED) is 0.794. The number of aromatic nitrogens is 2. The molecule has 1 rings (SSSR count). The van der Waals surface area contributed by atoms with Gasteiger partial charge >= 0.3 is 0 Å². The lowest BCUT2D eigenvalue weighted by Gasteiger charge is -2.15. The average Bonchev–Trinajstić information content (AvgIpc) is 2.38. The van der Waals surface area contributed by atoms with Crippen molar-refractivity contribution in [2.24, 2.45) is 7.05 Å². The van der Waals surface area contributed by atoms with Crippen molar-refractivity contribution in [3.63, 3.8) is 0 Å². The maximum Gasteiger partial charge on any atom is 0.0641 e. The van der Waals surface area contributed by atoms with Crippen LogP contribution in [0.4, 0.5) is 0 Å². The SMILES string of the molecule is Cc1nn(C)c(C)c1CNC(C)CC(C)O. The average molecular weight is 225 g/mol. The van der Waals surface area contributed by atoms with Crippen LogP contribution in [0.15, 0.2) is 0 Å². The molecule has 0 saturated carbocycles. The van der Waals surface area contributed by atoms with E-state index >= 15 is 0 Å². The molecule has 4 heteroatoms. The van der Waals surface area contributed by atoms with Crippen LogP contribution < -0.4 is 5.32 Å². The fraction of sp³-hybridized carbons (Fsp3) is 0.750. The van der Waals surface area contributed by atoms with Crippen molar-refractivity contribution >= 4 is 0 Å². The lowest BCUT2D eigenvalue weighted by Crippen LogP contribution is -2.29. The largest absolute Gasteiger partial charge is 0.393 e. The van der Waals surface area contributed by atoms with Gasteiger partial charge in [0, 0.05) is 30.9 Å². The van der Waals surface area contributed by atoms with Gasteiger partial charge in [-0.2, -0.15) is 5.10 Å². The number of hydrogen-bond acceptors (Lipinski definition) is 3. The molecule has 0 radical (unpaired) electrons. The molecule has 1 aromatic heterocycles. The first-order valence-corrected chi connectivity index (χ1v) is 5.82. The van der Waals surface area contributed by atoms with E-state index in [-0.39, 0.29) is 6.10 Å². The zero-order chi connectivity index (χ0) is 12.3. The summed E-state index contributed by atoms with van der Waals surface area (Å²) in [6, 6.07) is 0.319. The van der Waals surface area contributed by atoms with Gasteiger partial charge in [-0.1, -0.05) is 0 Å². The fourth-order valence-electron chi connectivity index (χ4n) is 1.94. The molecule has 0 aromatic carbocycles. The second kappa shape index (κ2) is 5.46. The normalized spacial score (nSPS) is 15.1. The number of aryl methyl sites for hydroxylation is 2. The number of aliphatic hydroxyl groups is 1. The molecule has 16 heavy (non-hydrogen) atoms. The molecule has 0 amide bonds. The van der Waals surface area contributed by atoms with Gasteiger partial charge in [0.1, 0.15) is 0 Å². The van der Waals surface area contributed by atoms with E-state index in [1.807, 2.05) is 25.6 Å². The molecule has 1 aromatic rings. The fourth-order valence-corrected chi connectivity index (χ4v) is 1.94. The first kappa shape index (κ1) is 13.2. The lowest BCUT2D eigenvalue weighted by atomic mass is 10.1. The summed E-state index contributed by atoms with van der Waals surface area (Å²) in [6.07, 6.45) is 0.525. The Kier molecular flexibility index (Phi) is 4.50. The van der Waals surface area contributed by atoms with Crippen molar-refractivity contribution in [2.45, 2.75) is 52.8 Å². The van der Waals surface area contributed by atoms with Crippen molar-refractivity contribution in [3.05, 3.63) is 17.0 Å². The van der Waals surface area contributed by atoms with Crippen molar-refractivity contribution < 1.29 is 5.11 Å². The van der Waals surface area contributed by atoms with E-state index in [1.54, 1.807) is 0 Å². The Morgan fingerprint density at radius 1 is 1.38 bits per heavy atom. The number of nitrogens with zero attached hydrogens (tertiary/aromatic N) is 2. The maximum atomic E-state index is 9.28. The molecule has 0 bridgehead atoms. The van der Waals surface area contributed by atoms with Gasteiger partial charge in [0.25, 0.3) is 0 Å². The summed E-state index contributed by atoms with van der Waals surface area (Å²) in [4.78, 5) is 0. The van der Waals surface area contributed by atoms with Gasteiger partial charge in [0.2, 0.25) is 0 Å². The smallest absolute Gasteiger partial charge is 0.0641 e. The summed E-state index contributed by atoms with van der Waals surface area (Å²) in [6.45, 7) is 8.84. The topological polar surface area (TPSA) is 50.1 Å². The van der Waals surface area contributed by atoms with E-state index in [1.165, 1.54) is 11.3 Å². The Balaban J connectivity index is 2.54. The van der Waals surface area contributed by atoms with E-state index < -0.39 is 0 Å². The molecule has 0 fully saturated rings. The monoisotopic (exact) mass is 225 g/mol. The van der Waals surface area contributed by atoms with Gasteiger partial charge in [-0.15, -0.1) is 0 Å². The number of nitrogens with one attached hydrogen (secondary N) is 1. The third-order valence-corrected chi connectivity index (χ3v) is 2.98. The van der Waals surface area contributed by atoms with E-state index in [0.29, 0.717) is 6.04 Å². The molecular weight excluding hydrogens is 202 g/mol. The summed E-state index contributed by atoms with van der Waals surface area (Å²) in [7, 11) is 1.96. The number of aliphatic hydroxyl groups excluding tert-OH is 1. The number of rotatable bonds is 5. The second-order valence-corrected chi connectivity index (χ2v) is 4.64. The molecule has 2 N–H and O–H groups in total. The zero-order valence-electron chi connectivity index (χ0n) is 10.9. The Morgan fingerprint density at radius 2 is 2.00 bits per heavy atom. The molecule has 0 aliphatic carbocycles. The van der Waals surface area contributed by atoms with Crippen LogP contribution in [0.3, 0.4) is 0 Å². The van der Waals surface area contributed by atoms with Crippen LogP contribution in [0.1, 0.15) is 37.2 Å². The van der Waals surface area contributed by atoms with E-state index in [0.717, 1.165) is 18.7 Å². The Bertz CT molecular complexity index is 344. The highest BCUT2D eigenvalue weighted by Crippen LogP contribution is 2.11. The third-order valence-electron chi connectivity index (χ3n) is 2.98. The molecule has 0 aliphatic rings. The highest BCUT2D eigenvalue weighted by Gasteiger charge is 2.11. The van der Waals surface area contributed by atoms with Crippen molar-refractivity contribution in [2.75, 3.05) is 0 Å². The minimum absolute atomic E-state index is 0.251. The van der Waals surface area contributed by atoms with Gasteiger partial charge in [-0.25, -0.2) is 0 Å². The Hall–Kier alpha value is -0.870. The second-order valence-electron chi connectivity index (χ2n) is 4.64. The lowest BCUT2D eigenvalue weighted by molar-refractivity contribution is 0.170. The summed E-state index contributed by atoms with van der Waals surface area (Å²) in [5.74, 6) is 0. The van der Waals surface area contributed by atoms with Crippen molar-refractivity contribution in [3.8, 4) is 0 Å². The highest BCUT2D eigenvalue weighted by molar-refractivity contribution is 5.24. The summed E-state index contributed by atoms with van der Waals surface area (Å²) in [5.41, 5.74) is 3.55. The van der Waals surface area contributed by atoms with E-state index in [4.69, 9.17) is 0 Å². The standard InChI is InChI=1S/C12H23N3O/c1-8(6-9(2)16)13-7-12-10(3)14-15(5)11(12)4/h8-9,13,16H,6-7H2,1-5H3. The third kappa shape index (κ3) is 3.32. The minimum atomic E-state index is -0.251. The van der Waals surface area contributed by atoms with Crippen molar-refractivity contribution in [1.29, 1.82) is 0 Å². The van der Waals surface area contributed by atoms with Crippen LogP contribution in [0.2, 0.25) is 0 Å². The van der Waals surface area contributed by atoms with Crippen LogP contribution in [0.5, 0.6) is 0 Å². The highest BCUT2D eigenvalue weighted by atomic mass is 16.3. The van der Waals surface area contributed by atoms with Gasteiger partial charge in [0.15, 0.2) is 0 Å². The van der Waals surface area contributed by atoms with Crippen LogP contribution >= 0.6 is 0 Å². The summed E-state index contributed by atoms with van der Waals surface area (Å²) < 4.78 is 1.91. The van der Waals surface area contributed by atoms with Crippen LogP contribution in [-0.4, -0.2) is 27.0 Å². The van der Waals surface area contributed by atoms with E-state index in [9.17, 15) is 5.11 Å². The predicted molar refractivity (Wildman–Crippen MR) is 65.3 cm³/mol. The summed E-state index contributed by atoms with van der Waals surface area (Å²) >= 11 is 0. The first-order chi connectivity index (χ1) is 7.41. The molecule has 2 unspecified atom stereocenters. The van der Waals surface area contributed by atoms with E-state index in [2.05, 4.69) is 24.3 Å². The molecule has 1 heterocycles. The first-order valence-electron chi connectivity index (χ1n) is 5.82. The number of hydrogen-bond donors (Lipinski definition) is 2. The maximum absolute atomic E-state index is 9.28.